The Labute approximate surface area is 90.8 Å². The smallest absolute Gasteiger partial charge is 0.0908 e. The molecule has 0 heterocycles. The molecule has 78 valence electrons. The minimum atomic E-state index is 0.669. The van der Waals surface area contributed by atoms with Crippen molar-refractivity contribution in [2.24, 2.45) is 0 Å². The monoisotopic (exact) mass is 201 g/mol. The first-order chi connectivity index (χ1) is 7.43. The molecule has 1 aromatic rings. The maximum Gasteiger partial charge on any atom is 0.0908 e. The zero-order valence-electron chi connectivity index (χ0n) is 8.73. The molecule has 0 aliphatic carbocycles. The van der Waals surface area contributed by atoms with Crippen molar-refractivity contribution in [3.63, 3.8) is 0 Å². The molecule has 0 aromatic heterocycles. The maximum atomic E-state index is 8.25. The SMILES string of the molecule is N#CC=CCCCOCc1ccccc1. The van der Waals surface area contributed by atoms with Gasteiger partial charge in [-0.25, -0.2) is 0 Å². The molecule has 0 spiro atoms. The number of nitrogens with zero attached hydrogens (tertiary/aromatic N) is 1. The first-order valence-electron chi connectivity index (χ1n) is 5.10. The summed E-state index contributed by atoms with van der Waals surface area (Å²) in [7, 11) is 0. The summed E-state index contributed by atoms with van der Waals surface area (Å²) in [6.45, 7) is 1.41. The number of benzene rings is 1. The third kappa shape index (κ3) is 5.66. The number of unbranched alkanes of at least 4 members (excludes halogenated alkanes) is 1. The van der Waals surface area contributed by atoms with Crippen LogP contribution < -0.4 is 0 Å². The van der Waals surface area contributed by atoms with Gasteiger partial charge in [0.1, 0.15) is 0 Å². The first-order valence-corrected chi connectivity index (χ1v) is 5.10. The molecular formula is C13H15NO. The summed E-state index contributed by atoms with van der Waals surface area (Å²) in [6, 6.07) is 12.1. The highest BCUT2D eigenvalue weighted by atomic mass is 16.5. The molecule has 0 radical (unpaired) electrons. The molecule has 0 amide bonds. The van der Waals surface area contributed by atoms with E-state index in [1.165, 1.54) is 11.6 Å². The molecule has 0 aliphatic rings. The molecule has 0 atom stereocenters. The van der Waals surface area contributed by atoms with Crippen molar-refractivity contribution in [3.8, 4) is 6.07 Å². The van der Waals surface area contributed by atoms with E-state index in [1.807, 2.05) is 30.3 Å². The van der Waals surface area contributed by atoms with Gasteiger partial charge in [-0.3, -0.25) is 0 Å². The Morgan fingerprint density at radius 2 is 2.07 bits per heavy atom. The van der Waals surface area contributed by atoms with Gasteiger partial charge < -0.3 is 4.74 Å². The van der Waals surface area contributed by atoms with Crippen LogP contribution in [-0.4, -0.2) is 6.61 Å². The second kappa shape index (κ2) is 7.78. The highest BCUT2D eigenvalue weighted by Crippen LogP contribution is 2.01. The Morgan fingerprint density at radius 1 is 1.27 bits per heavy atom. The highest BCUT2D eigenvalue weighted by molar-refractivity contribution is 5.13. The van der Waals surface area contributed by atoms with E-state index in [0.717, 1.165) is 19.4 Å². The summed E-state index contributed by atoms with van der Waals surface area (Å²) in [5.74, 6) is 0. The Morgan fingerprint density at radius 3 is 2.80 bits per heavy atom. The van der Waals surface area contributed by atoms with Crippen LogP contribution in [0.5, 0.6) is 0 Å². The van der Waals surface area contributed by atoms with Crippen LogP contribution in [0.2, 0.25) is 0 Å². The van der Waals surface area contributed by atoms with Gasteiger partial charge in [-0.1, -0.05) is 36.4 Å². The lowest BCUT2D eigenvalue weighted by Crippen LogP contribution is -1.94. The number of hydrogen-bond donors (Lipinski definition) is 0. The van der Waals surface area contributed by atoms with Gasteiger partial charge in [-0.2, -0.15) is 5.26 Å². The molecule has 1 rings (SSSR count). The van der Waals surface area contributed by atoms with Crippen molar-refractivity contribution in [2.75, 3.05) is 6.61 Å². The fourth-order valence-electron chi connectivity index (χ4n) is 1.20. The van der Waals surface area contributed by atoms with Gasteiger partial charge in [0.2, 0.25) is 0 Å². The van der Waals surface area contributed by atoms with Crippen molar-refractivity contribution in [3.05, 3.63) is 48.0 Å². The van der Waals surface area contributed by atoms with Crippen LogP contribution >= 0.6 is 0 Å². The number of ether oxygens (including phenoxy) is 1. The lowest BCUT2D eigenvalue weighted by atomic mass is 10.2. The van der Waals surface area contributed by atoms with E-state index >= 15 is 0 Å². The minimum absolute atomic E-state index is 0.669. The molecule has 2 nitrogen and oxygen atoms in total. The summed E-state index contributed by atoms with van der Waals surface area (Å²) < 4.78 is 5.48. The third-order valence-electron chi connectivity index (χ3n) is 1.96. The topological polar surface area (TPSA) is 33.0 Å². The van der Waals surface area contributed by atoms with Gasteiger partial charge in [0.05, 0.1) is 12.7 Å². The second-order valence-electron chi connectivity index (χ2n) is 3.21. The van der Waals surface area contributed by atoms with Crippen molar-refractivity contribution in [2.45, 2.75) is 19.4 Å². The second-order valence-corrected chi connectivity index (χ2v) is 3.21. The Kier molecular flexibility index (Phi) is 5.96. The lowest BCUT2D eigenvalue weighted by molar-refractivity contribution is 0.119. The average molecular weight is 201 g/mol. The van der Waals surface area contributed by atoms with Crippen LogP contribution in [0, 0.1) is 11.3 Å². The van der Waals surface area contributed by atoms with Gasteiger partial charge >= 0.3 is 0 Å². The maximum absolute atomic E-state index is 8.25. The van der Waals surface area contributed by atoms with Crippen LogP contribution in [0.4, 0.5) is 0 Å². The van der Waals surface area contributed by atoms with E-state index in [4.69, 9.17) is 10.00 Å². The fourth-order valence-corrected chi connectivity index (χ4v) is 1.20. The molecule has 0 unspecified atom stereocenters. The fraction of sp³-hybridized carbons (Fsp3) is 0.308. The molecule has 0 N–H and O–H groups in total. The Balaban J connectivity index is 2.03. The molecule has 0 saturated heterocycles. The van der Waals surface area contributed by atoms with E-state index < -0.39 is 0 Å². The van der Waals surface area contributed by atoms with Gasteiger partial charge in [0, 0.05) is 12.7 Å². The Bertz CT molecular complexity index is 324. The van der Waals surface area contributed by atoms with E-state index in [-0.39, 0.29) is 0 Å². The van der Waals surface area contributed by atoms with E-state index in [2.05, 4.69) is 12.1 Å². The third-order valence-corrected chi connectivity index (χ3v) is 1.96. The van der Waals surface area contributed by atoms with Gasteiger partial charge in [0.15, 0.2) is 0 Å². The summed E-state index contributed by atoms with van der Waals surface area (Å²) in [4.78, 5) is 0. The van der Waals surface area contributed by atoms with E-state index in [9.17, 15) is 0 Å². The van der Waals surface area contributed by atoms with Crippen LogP contribution in [0.15, 0.2) is 42.5 Å². The van der Waals surface area contributed by atoms with E-state index in [1.54, 1.807) is 0 Å². The zero-order chi connectivity index (χ0) is 10.8. The molecule has 0 fully saturated rings. The summed E-state index contributed by atoms with van der Waals surface area (Å²) in [5, 5.41) is 8.25. The largest absolute Gasteiger partial charge is 0.377 e. The number of rotatable bonds is 6. The Hall–Kier alpha value is -1.59. The molecule has 2 heteroatoms. The average Bonchev–Trinajstić information content (AvgIpc) is 2.29. The predicted octanol–water partition coefficient (Wildman–Crippen LogP) is 3.06. The van der Waals surface area contributed by atoms with Crippen LogP contribution in [0.25, 0.3) is 0 Å². The summed E-state index contributed by atoms with van der Waals surface area (Å²) >= 11 is 0. The summed E-state index contributed by atoms with van der Waals surface area (Å²) in [6.07, 6.45) is 5.25. The van der Waals surface area contributed by atoms with Crippen molar-refractivity contribution >= 4 is 0 Å². The first kappa shape index (κ1) is 11.5. The molecule has 1 aromatic carbocycles. The van der Waals surface area contributed by atoms with Crippen LogP contribution in [0.3, 0.4) is 0 Å². The van der Waals surface area contributed by atoms with Crippen LogP contribution in [-0.2, 0) is 11.3 Å². The number of hydrogen-bond acceptors (Lipinski definition) is 2. The predicted molar refractivity (Wildman–Crippen MR) is 60.1 cm³/mol. The standard InChI is InChI=1S/C13H15NO/c14-10-6-1-2-7-11-15-12-13-8-4-3-5-9-13/h1,3-6,8-9H,2,7,11-12H2. The number of allylic oxidation sites excluding steroid dienone is 2. The molecule has 0 saturated carbocycles. The van der Waals surface area contributed by atoms with Crippen molar-refractivity contribution in [1.82, 2.24) is 0 Å². The summed E-state index contributed by atoms with van der Waals surface area (Å²) in [5.41, 5.74) is 1.20. The molecular weight excluding hydrogens is 186 g/mol. The minimum Gasteiger partial charge on any atom is -0.377 e. The van der Waals surface area contributed by atoms with Crippen LogP contribution in [0.1, 0.15) is 18.4 Å². The zero-order valence-corrected chi connectivity index (χ0v) is 8.73. The molecule has 0 bridgehead atoms. The molecule has 15 heavy (non-hydrogen) atoms. The van der Waals surface area contributed by atoms with E-state index in [0.29, 0.717) is 6.61 Å². The number of nitriles is 1. The van der Waals surface area contributed by atoms with Crippen molar-refractivity contribution in [1.29, 1.82) is 5.26 Å². The van der Waals surface area contributed by atoms with Gasteiger partial charge in [-0.05, 0) is 18.4 Å². The molecule has 0 aliphatic heterocycles. The normalized spacial score (nSPS) is 10.3. The lowest BCUT2D eigenvalue weighted by Gasteiger charge is -2.02. The highest BCUT2D eigenvalue weighted by Gasteiger charge is 1.90. The van der Waals surface area contributed by atoms with Crippen molar-refractivity contribution < 1.29 is 4.74 Å². The van der Waals surface area contributed by atoms with Gasteiger partial charge in [-0.15, -0.1) is 0 Å². The quantitative estimate of drug-likeness (QED) is 0.523. The van der Waals surface area contributed by atoms with Gasteiger partial charge in [0.25, 0.3) is 0 Å².